The van der Waals surface area contributed by atoms with Gasteiger partial charge in [0.15, 0.2) is 0 Å². The molecular weight excluding hydrogens is 312 g/mol. The largest absolute Gasteiger partial charge is 0.487 e. The molecule has 1 aromatic heterocycles. The summed E-state index contributed by atoms with van der Waals surface area (Å²) in [4.78, 5) is 4.06. The first-order valence-electron chi connectivity index (χ1n) is 6.25. The second-order valence-corrected chi connectivity index (χ2v) is 4.97. The summed E-state index contributed by atoms with van der Waals surface area (Å²) in [5.41, 5.74) is 1.54. The number of benzene rings is 1. The summed E-state index contributed by atoms with van der Waals surface area (Å²) in [6.07, 6.45) is 3.88. The molecule has 0 saturated heterocycles. The molecule has 0 fully saturated rings. The van der Waals surface area contributed by atoms with E-state index >= 15 is 0 Å². The van der Waals surface area contributed by atoms with Crippen LogP contribution in [0.3, 0.4) is 0 Å². The number of alkyl halides is 1. The van der Waals surface area contributed by atoms with E-state index in [1.165, 1.54) is 12.1 Å². The molecule has 108 valence electrons. The molecule has 0 saturated carbocycles. The van der Waals surface area contributed by atoms with Crippen LogP contribution in [-0.2, 0) is 6.61 Å². The SMILES string of the molecule is Fc1ccc(COc2cncc(C#CCCCl)c2)cc1Cl. The number of nitrogens with zero attached hydrogens (tertiary/aromatic N) is 1. The molecular formula is C16H12Cl2FNO. The molecule has 1 aromatic carbocycles. The highest BCUT2D eigenvalue weighted by Crippen LogP contribution is 2.18. The Balaban J connectivity index is 2.01. The van der Waals surface area contributed by atoms with Crippen molar-refractivity contribution in [1.29, 1.82) is 0 Å². The average molecular weight is 324 g/mol. The van der Waals surface area contributed by atoms with Crippen LogP contribution in [0.5, 0.6) is 5.75 Å². The number of pyridine rings is 1. The van der Waals surface area contributed by atoms with Gasteiger partial charge in [-0.3, -0.25) is 4.98 Å². The first kappa shape index (κ1) is 15.6. The van der Waals surface area contributed by atoms with Crippen molar-refractivity contribution in [2.45, 2.75) is 13.0 Å². The lowest BCUT2D eigenvalue weighted by atomic mass is 10.2. The van der Waals surface area contributed by atoms with Crippen LogP contribution in [0.4, 0.5) is 4.39 Å². The smallest absolute Gasteiger partial charge is 0.141 e. The zero-order chi connectivity index (χ0) is 15.1. The molecule has 0 aliphatic carbocycles. The second-order valence-electron chi connectivity index (χ2n) is 4.19. The van der Waals surface area contributed by atoms with Gasteiger partial charge in [-0.15, -0.1) is 11.6 Å². The van der Waals surface area contributed by atoms with Crippen molar-refractivity contribution >= 4 is 23.2 Å². The van der Waals surface area contributed by atoms with Gasteiger partial charge in [-0.1, -0.05) is 29.5 Å². The zero-order valence-corrected chi connectivity index (χ0v) is 12.6. The van der Waals surface area contributed by atoms with Crippen molar-refractivity contribution in [3.63, 3.8) is 0 Å². The summed E-state index contributed by atoms with van der Waals surface area (Å²) in [7, 11) is 0. The first-order chi connectivity index (χ1) is 10.2. The van der Waals surface area contributed by atoms with Crippen molar-refractivity contribution in [1.82, 2.24) is 4.98 Å². The van der Waals surface area contributed by atoms with E-state index in [2.05, 4.69) is 16.8 Å². The molecule has 0 spiro atoms. The number of hydrogen-bond acceptors (Lipinski definition) is 2. The standard InChI is InChI=1S/C16H12Cl2FNO/c17-6-2-1-3-12-7-14(10-20-9-12)21-11-13-4-5-16(19)15(18)8-13/h4-5,7-10H,2,6,11H2. The van der Waals surface area contributed by atoms with E-state index in [4.69, 9.17) is 27.9 Å². The van der Waals surface area contributed by atoms with E-state index in [0.717, 1.165) is 11.1 Å². The molecule has 21 heavy (non-hydrogen) atoms. The van der Waals surface area contributed by atoms with E-state index in [1.807, 2.05) is 0 Å². The number of halogens is 3. The van der Waals surface area contributed by atoms with Gasteiger partial charge in [-0.2, -0.15) is 0 Å². The molecule has 0 bridgehead atoms. The third-order valence-electron chi connectivity index (χ3n) is 2.55. The number of hydrogen-bond donors (Lipinski definition) is 0. The van der Waals surface area contributed by atoms with Crippen molar-refractivity contribution in [3.05, 3.63) is 58.6 Å². The van der Waals surface area contributed by atoms with Gasteiger partial charge in [0.05, 0.1) is 11.2 Å². The molecule has 0 unspecified atom stereocenters. The summed E-state index contributed by atoms with van der Waals surface area (Å²) >= 11 is 11.3. The normalized spacial score (nSPS) is 9.86. The minimum Gasteiger partial charge on any atom is -0.487 e. The Hall–Kier alpha value is -1.76. The van der Waals surface area contributed by atoms with Gasteiger partial charge in [0.1, 0.15) is 18.2 Å². The highest BCUT2D eigenvalue weighted by atomic mass is 35.5. The van der Waals surface area contributed by atoms with Crippen molar-refractivity contribution < 1.29 is 9.13 Å². The molecule has 2 aromatic rings. The molecule has 2 rings (SSSR count). The van der Waals surface area contributed by atoms with E-state index in [1.54, 1.807) is 24.5 Å². The molecule has 0 N–H and O–H groups in total. The maximum absolute atomic E-state index is 13.1. The Morgan fingerprint density at radius 1 is 1.24 bits per heavy atom. The van der Waals surface area contributed by atoms with E-state index < -0.39 is 5.82 Å². The molecule has 0 radical (unpaired) electrons. The predicted molar refractivity (Wildman–Crippen MR) is 82.2 cm³/mol. The molecule has 0 aliphatic rings. The quantitative estimate of drug-likeness (QED) is 0.613. The minimum atomic E-state index is -0.446. The summed E-state index contributed by atoms with van der Waals surface area (Å²) < 4.78 is 18.7. The van der Waals surface area contributed by atoms with Crippen molar-refractivity contribution in [3.8, 4) is 17.6 Å². The van der Waals surface area contributed by atoms with Crippen LogP contribution in [0, 0.1) is 17.7 Å². The van der Waals surface area contributed by atoms with Gasteiger partial charge in [0.25, 0.3) is 0 Å². The lowest BCUT2D eigenvalue weighted by Crippen LogP contribution is -1.97. The van der Waals surface area contributed by atoms with Crippen LogP contribution < -0.4 is 4.74 Å². The summed E-state index contributed by atoms with van der Waals surface area (Å²) in [5.74, 6) is 6.53. The molecule has 1 heterocycles. The van der Waals surface area contributed by atoms with Gasteiger partial charge in [-0.05, 0) is 23.8 Å². The van der Waals surface area contributed by atoms with E-state index in [0.29, 0.717) is 18.1 Å². The molecule has 2 nitrogen and oxygen atoms in total. The fraction of sp³-hybridized carbons (Fsp3) is 0.188. The Bertz CT molecular complexity index is 679. The Morgan fingerprint density at radius 3 is 2.86 bits per heavy atom. The molecule has 0 aliphatic heterocycles. The van der Waals surface area contributed by atoms with Gasteiger partial charge >= 0.3 is 0 Å². The van der Waals surface area contributed by atoms with E-state index in [9.17, 15) is 4.39 Å². The average Bonchev–Trinajstić information content (AvgIpc) is 2.49. The lowest BCUT2D eigenvalue weighted by molar-refractivity contribution is 0.305. The predicted octanol–water partition coefficient (Wildman–Crippen LogP) is 4.43. The van der Waals surface area contributed by atoms with Crippen LogP contribution in [0.2, 0.25) is 5.02 Å². The highest BCUT2D eigenvalue weighted by Gasteiger charge is 2.02. The van der Waals surface area contributed by atoms with Crippen LogP contribution in [0.25, 0.3) is 0 Å². The van der Waals surface area contributed by atoms with Crippen molar-refractivity contribution in [2.24, 2.45) is 0 Å². The third-order valence-corrected chi connectivity index (χ3v) is 3.03. The second kappa shape index (κ2) is 7.87. The Kier molecular flexibility index (Phi) is 5.86. The van der Waals surface area contributed by atoms with Crippen molar-refractivity contribution in [2.75, 3.05) is 5.88 Å². The summed E-state index contributed by atoms with van der Waals surface area (Å²) in [6, 6.07) is 6.26. The number of rotatable bonds is 4. The molecule has 5 heteroatoms. The summed E-state index contributed by atoms with van der Waals surface area (Å²) in [6.45, 7) is 0.278. The van der Waals surface area contributed by atoms with Crippen LogP contribution in [0.15, 0.2) is 36.7 Å². The van der Waals surface area contributed by atoms with Gasteiger partial charge in [-0.25, -0.2) is 4.39 Å². The third kappa shape index (κ3) is 4.93. The molecule has 0 amide bonds. The topological polar surface area (TPSA) is 22.1 Å². The summed E-state index contributed by atoms with van der Waals surface area (Å²) in [5, 5.41) is 0.0786. The zero-order valence-electron chi connectivity index (χ0n) is 11.1. The Labute approximate surface area is 132 Å². The lowest BCUT2D eigenvalue weighted by Gasteiger charge is -2.06. The van der Waals surface area contributed by atoms with E-state index in [-0.39, 0.29) is 11.6 Å². The monoisotopic (exact) mass is 323 g/mol. The maximum atomic E-state index is 13.1. The number of aromatic nitrogens is 1. The van der Waals surface area contributed by atoms with Gasteiger partial charge in [0.2, 0.25) is 0 Å². The minimum absolute atomic E-state index is 0.0786. The number of ether oxygens (including phenoxy) is 1. The maximum Gasteiger partial charge on any atom is 0.141 e. The highest BCUT2D eigenvalue weighted by molar-refractivity contribution is 6.30. The van der Waals surface area contributed by atoms with Crippen LogP contribution in [-0.4, -0.2) is 10.9 Å². The van der Waals surface area contributed by atoms with Gasteiger partial charge < -0.3 is 4.74 Å². The molecule has 0 atom stereocenters. The fourth-order valence-corrected chi connectivity index (χ4v) is 1.87. The van der Waals surface area contributed by atoms with Gasteiger partial charge in [0, 0.05) is 24.1 Å². The first-order valence-corrected chi connectivity index (χ1v) is 7.17. The van der Waals surface area contributed by atoms with Crippen LogP contribution >= 0.6 is 23.2 Å². The fourth-order valence-electron chi connectivity index (χ4n) is 1.57. The Morgan fingerprint density at radius 2 is 2.10 bits per heavy atom. The van der Waals surface area contributed by atoms with Crippen LogP contribution in [0.1, 0.15) is 17.5 Å².